The highest BCUT2D eigenvalue weighted by Crippen LogP contribution is 2.26. The van der Waals surface area contributed by atoms with Crippen molar-refractivity contribution in [3.63, 3.8) is 0 Å². The molecule has 2 aromatic heterocycles. The van der Waals surface area contributed by atoms with Crippen molar-refractivity contribution in [2.45, 2.75) is 46.6 Å². The van der Waals surface area contributed by atoms with Crippen molar-refractivity contribution >= 4 is 11.4 Å². The number of fused-ring (bicyclic) bond motifs is 1. The van der Waals surface area contributed by atoms with Crippen LogP contribution in [-0.2, 0) is 0 Å². The van der Waals surface area contributed by atoms with Gasteiger partial charge in [0.1, 0.15) is 11.3 Å². The molecule has 4 aromatic rings. The first-order valence-corrected chi connectivity index (χ1v) is 10.9. The van der Waals surface area contributed by atoms with E-state index in [9.17, 15) is 14.0 Å². The summed E-state index contributed by atoms with van der Waals surface area (Å²) in [4.78, 5) is 29.2. The van der Waals surface area contributed by atoms with Crippen LogP contribution in [0.15, 0.2) is 53.5 Å². The monoisotopic (exact) mass is 446 g/mol. The van der Waals surface area contributed by atoms with Gasteiger partial charge in [-0.3, -0.25) is 9.59 Å². The number of aromatic nitrogens is 3. The van der Waals surface area contributed by atoms with E-state index in [2.05, 4.69) is 15.4 Å². The summed E-state index contributed by atoms with van der Waals surface area (Å²) in [6, 6.07) is 11.6. The van der Waals surface area contributed by atoms with E-state index in [1.807, 2.05) is 52.8 Å². The SMILES string of the molecule is Cc1ccc(-c2cn3nc(C(=O)N[C@H](C)c4ccc(F)cc4)c(C(C)C)c3c(=O)[nH]2)cc1C. The molecule has 2 heterocycles. The van der Waals surface area contributed by atoms with E-state index >= 15 is 0 Å². The van der Waals surface area contributed by atoms with Crippen molar-refractivity contribution in [3.8, 4) is 11.3 Å². The molecule has 170 valence electrons. The third kappa shape index (κ3) is 4.31. The van der Waals surface area contributed by atoms with Crippen LogP contribution in [0, 0.1) is 19.7 Å². The normalized spacial score (nSPS) is 12.3. The summed E-state index contributed by atoms with van der Waals surface area (Å²) in [5, 5.41) is 7.42. The van der Waals surface area contributed by atoms with Crippen molar-refractivity contribution in [2.24, 2.45) is 0 Å². The Morgan fingerprint density at radius 2 is 1.76 bits per heavy atom. The van der Waals surface area contributed by atoms with E-state index in [-0.39, 0.29) is 34.9 Å². The van der Waals surface area contributed by atoms with Crippen molar-refractivity contribution in [1.29, 1.82) is 0 Å². The van der Waals surface area contributed by atoms with Gasteiger partial charge in [-0.25, -0.2) is 8.91 Å². The lowest BCUT2D eigenvalue weighted by atomic mass is 10.0. The van der Waals surface area contributed by atoms with Crippen molar-refractivity contribution in [1.82, 2.24) is 19.9 Å². The van der Waals surface area contributed by atoms with Crippen LogP contribution in [0.25, 0.3) is 16.8 Å². The number of hydrogen-bond donors (Lipinski definition) is 2. The fraction of sp³-hybridized carbons (Fsp3) is 0.269. The highest BCUT2D eigenvalue weighted by molar-refractivity contribution is 5.96. The molecule has 2 aromatic carbocycles. The molecule has 0 unspecified atom stereocenters. The number of carbonyl (C=O) groups is 1. The lowest BCUT2D eigenvalue weighted by Gasteiger charge is -2.14. The van der Waals surface area contributed by atoms with Crippen LogP contribution in [-0.4, -0.2) is 20.5 Å². The molecule has 0 aliphatic rings. The number of amides is 1. The average molecular weight is 447 g/mol. The van der Waals surface area contributed by atoms with Gasteiger partial charge in [0, 0.05) is 5.56 Å². The zero-order chi connectivity index (χ0) is 23.9. The number of aromatic amines is 1. The first-order valence-electron chi connectivity index (χ1n) is 10.9. The molecule has 0 fully saturated rings. The molecule has 7 heteroatoms. The van der Waals surface area contributed by atoms with Crippen molar-refractivity contribution in [3.05, 3.63) is 92.8 Å². The second kappa shape index (κ2) is 8.65. The molecule has 0 bridgehead atoms. The fourth-order valence-corrected chi connectivity index (χ4v) is 3.97. The van der Waals surface area contributed by atoms with Crippen LogP contribution < -0.4 is 10.9 Å². The standard InChI is InChI=1S/C26H27FN4O2/c1-14(2)22-23(25(32)28-17(5)18-8-10-20(27)11-9-18)30-31-13-21(29-26(33)24(22)31)19-7-6-15(3)16(4)12-19/h6-14,17H,1-5H3,(H,28,32)(H,29,33)/t17-/m1/s1. The fourth-order valence-electron chi connectivity index (χ4n) is 3.97. The van der Waals surface area contributed by atoms with Crippen LogP contribution in [0.2, 0.25) is 0 Å². The Labute approximate surface area is 191 Å². The number of rotatable bonds is 5. The first kappa shape index (κ1) is 22.5. The largest absolute Gasteiger partial charge is 0.344 e. The predicted molar refractivity (Wildman–Crippen MR) is 127 cm³/mol. The van der Waals surface area contributed by atoms with Gasteiger partial charge in [-0.2, -0.15) is 5.10 Å². The van der Waals surface area contributed by atoms with E-state index in [0.717, 1.165) is 22.3 Å². The van der Waals surface area contributed by atoms with Gasteiger partial charge in [-0.15, -0.1) is 0 Å². The number of H-pyrrole nitrogens is 1. The molecule has 0 aliphatic heterocycles. The maximum absolute atomic E-state index is 13.2. The Bertz CT molecular complexity index is 1400. The van der Waals surface area contributed by atoms with E-state index in [1.165, 1.54) is 16.6 Å². The quantitative estimate of drug-likeness (QED) is 0.450. The van der Waals surface area contributed by atoms with Crippen molar-refractivity contribution < 1.29 is 9.18 Å². The predicted octanol–water partition coefficient (Wildman–Crippen LogP) is 5.06. The molecule has 33 heavy (non-hydrogen) atoms. The van der Waals surface area contributed by atoms with Crippen LogP contribution in [0.1, 0.15) is 65.5 Å². The van der Waals surface area contributed by atoms with Crippen LogP contribution in [0.4, 0.5) is 4.39 Å². The molecule has 1 atom stereocenters. The van der Waals surface area contributed by atoms with Crippen molar-refractivity contribution in [2.75, 3.05) is 0 Å². The summed E-state index contributed by atoms with van der Waals surface area (Å²) in [5.74, 6) is -0.817. The Morgan fingerprint density at radius 3 is 2.39 bits per heavy atom. The number of nitrogens with one attached hydrogen (secondary N) is 2. The van der Waals surface area contributed by atoms with Gasteiger partial charge < -0.3 is 10.3 Å². The van der Waals surface area contributed by atoms with E-state index in [1.54, 1.807) is 18.3 Å². The number of halogens is 1. The van der Waals surface area contributed by atoms with Gasteiger partial charge in [0.25, 0.3) is 11.5 Å². The van der Waals surface area contributed by atoms with E-state index < -0.39 is 0 Å². The molecule has 0 saturated carbocycles. The van der Waals surface area contributed by atoms with Crippen LogP contribution in [0.5, 0.6) is 0 Å². The Kier molecular flexibility index (Phi) is 5.89. The maximum Gasteiger partial charge on any atom is 0.274 e. The van der Waals surface area contributed by atoms with Gasteiger partial charge in [-0.05, 0) is 67.1 Å². The summed E-state index contributed by atoms with van der Waals surface area (Å²) >= 11 is 0. The second-order valence-corrected chi connectivity index (χ2v) is 8.75. The smallest absolute Gasteiger partial charge is 0.274 e. The second-order valence-electron chi connectivity index (χ2n) is 8.75. The molecular formula is C26H27FN4O2. The molecule has 0 aliphatic carbocycles. The molecule has 2 N–H and O–H groups in total. The minimum Gasteiger partial charge on any atom is -0.344 e. The molecule has 4 rings (SSSR count). The molecule has 6 nitrogen and oxygen atoms in total. The summed E-state index contributed by atoms with van der Waals surface area (Å²) < 4.78 is 14.7. The van der Waals surface area contributed by atoms with Gasteiger partial charge in [-0.1, -0.05) is 38.1 Å². The summed E-state index contributed by atoms with van der Waals surface area (Å²) in [7, 11) is 0. The molecule has 0 radical (unpaired) electrons. The maximum atomic E-state index is 13.2. The number of carbonyl (C=O) groups excluding carboxylic acids is 1. The topological polar surface area (TPSA) is 79.3 Å². The lowest BCUT2D eigenvalue weighted by Crippen LogP contribution is -2.28. The highest BCUT2D eigenvalue weighted by Gasteiger charge is 2.25. The number of nitrogens with zero attached hydrogens (tertiary/aromatic N) is 2. The minimum absolute atomic E-state index is 0.0991. The zero-order valence-electron chi connectivity index (χ0n) is 19.4. The minimum atomic E-state index is -0.383. The summed E-state index contributed by atoms with van der Waals surface area (Å²) in [6.45, 7) is 9.72. The van der Waals surface area contributed by atoms with E-state index in [4.69, 9.17) is 0 Å². The lowest BCUT2D eigenvalue weighted by molar-refractivity contribution is 0.0933. The number of benzene rings is 2. The Balaban J connectivity index is 1.76. The Morgan fingerprint density at radius 1 is 1.06 bits per heavy atom. The van der Waals surface area contributed by atoms with E-state index in [0.29, 0.717) is 16.8 Å². The average Bonchev–Trinajstić information content (AvgIpc) is 3.17. The summed E-state index contributed by atoms with van der Waals surface area (Å²) in [6.07, 6.45) is 1.74. The summed E-state index contributed by atoms with van der Waals surface area (Å²) in [5.41, 5.74) is 5.41. The first-order chi connectivity index (χ1) is 15.7. The molecule has 0 saturated heterocycles. The Hall–Kier alpha value is -3.74. The van der Waals surface area contributed by atoms with Gasteiger partial charge in [0.05, 0.1) is 17.9 Å². The molecule has 1 amide bonds. The zero-order valence-corrected chi connectivity index (χ0v) is 19.4. The van der Waals surface area contributed by atoms with Crippen LogP contribution in [0.3, 0.4) is 0 Å². The third-order valence-corrected chi connectivity index (χ3v) is 5.99. The van der Waals surface area contributed by atoms with Gasteiger partial charge in [0.2, 0.25) is 0 Å². The van der Waals surface area contributed by atoms with Crippen LogP contribution >= 0.6 is 0 Å². The number of hydrogen-bond acceptors (Lipinski definition) is 3. The number of aryl methyl sites for hydroxylation is 2. The molecular weight excluding hydrogens is 419 g/mol. The molecule has 0 spiro atoms. The third-order valence-electron chi connectivity index (χ3n) is 5.99. The van der Waals surface area contributed by atoms with Gasteiger partial charge in [0.15, 0.2) is 5.69 Å². The van der Waals surface area contributed by atoms with Gasteiger partial charge >= 0.3 is 0 Å². The highest BCUT2D eigenvalue weighted by atomic mass is 19.1.